The number of aliphatic carboxylic acids is 1. The number of amides is 1. The average Bonchev–Trinajstić information content (AvgIpc) is 2.84. The molecule has 0 saturated carbocycles. The largest absolute Gasteiger partial charge is 0.508 e. The lowest BCUT2D eigenvalue weighted by Gasteiger charge is -2.36. The van der Waals surface area contributed by atoms with Gasteiger partial charge in [-0.1, -0.05) is 30.3 Å². The number of hydrogen-bond donors (Lipinski definition) is 3. The van der Waals surface area contributed by atoms with Gasteiger partial charge in [0.1, 0.15) is 17.5 Å². The van der Waals surface area contributed by atoms with E-state index in [0.717, 1.165) is 38.9 Å². The number of carbonyl (C=O) groups is 2. The Morgan fingerprint density at radius 2 is 1.74 bits per heavy atom. The summed E-state index contributed by atoms with van der Waals surface area (Å²) < 4.78 is 5.63. The number of aryl methyl sites for hydroxylation is 2. The van der Waals surface area contributed by atoms with Gasteiger partial charge in [0.15, 0.2) is 0 Å². The lowest BCUT2D eigenvalue weighted by Crippen LogP contribution is -2.54. The predicted octanol–water partition coefficient (Wildman–Crippen LogP) is 3.59. The fourth-order valence-electron chi connectivity index (χ4n) is 4.89. The van der Waals surface area contributed by atoms with Gasteiger partial charge in [0.2, 0.25) is 5.91 Å². The number of hydrogen-bond acceptors (Lipinski definition) is 5. The second-order valence-corrected chi connectivity index (χ2v) is 9.08. The summed E-state index contributed by atoms with van der Waals surface area (Å²) in [4.78, 5) is 27.0. The van der Waals surface area contributed by atoms with Crippen molar-refractivity contribution in [1.82, 2.24) is 4.90 Å². The van der Waals surface area contributed by atoms with E-state index in [0.29, 0.717) is 5.75 Å². The molecule has 1 heterocycles. The number of nitrogens with zero attached hydrogens (tertiary/aromatic N) is 1. The van der Waals surface area contributed by atoms with Crippen LogP contribution in [0.5, 0.6) is 11.5 Å². The molecule has 7 nitrogen and oxygen atoms in total. The van der Waals surface area contributed by atoms with Crippen LogP contribution in [0.3, 0.4) is 0 Å². The van der Waals surface area contributed by atoms with Crippen LogP contribution in [0, 0.1) is 13.8 Å². The molecule has 0 aromatic heterocycles. The van der Waals surface area contributed by atoms with E-state index in [2.05, 4.69) is 0 Å². The molecule has 0 aliphatic carbocycles. The molecule has 0 bridgehead atoms. The summed E-state index contributed by atoms with van der Waals surface area (Å²) in [7, 11) is 1.60. The molecule has 1 amide bonds. The zero-order valence-corrected chi connectivity index (χ0v) is 20.1. The summed E-state index contributed by atoms with van der Waals surface area (Å²) in [5.41, 5.74) is 12.4. The number of carboxylic acids is 1. The van der Waals surface area contributed by atoms with Gasteiger partial charge in [-0.2, -0.15) is 0 Å². The molecule has 0 spiro atoms. The average molecular weight is 475 g/mol. The number of aromatic hydroxyl groups is 1. The number of fused-ring (bicyclic) bond motifs is 1. The summed E-state index contributed by atoms with van der Waals surface area (Å²) in [5, 5.41) is 19.8. The normalized spacial score (nSPS) is 15.9. The lowest BCUT2D eigenvalue weighted by atomic mass is 9.89. The monoisotopic (exact) mass is 474 g/mol. The summed E-state index contributed by atoms with van der Waals surface area (Å²) >= 11 is 0. The number of carbonyl (C=O) groups excluding carboxylic acids is 1. The first-order valence-corrected chi connectivity index (χ1v) is 11.5. The van der Waals surface area contributed by atoms with Gasteiger partial charge in [0.05, 0.1) is 13.2 Å². The molecule has 3 aromatic rings. The molecule has 4 rings (SSSR count). The lowest BCUT2D eigenvalue weighted by molar-refractivity contribution is -0.152. The van der Waals surface area contributed by atoms with E-state index < -0.39 is 24.0 Å². The van der Waals surface area contributed by atoms with Crippen molar-refractivity contribution in [3.8, 4) is 22.6 Å². The molecule has 35 heavy (non-hydrogen) atoms. The molecule has 3 aromatic carbocycles. The standard InChI is InChI=1S/C28H30N2O5/c1-16-9-21(31)10-17(2)22(16)14-24(29)27(32)30-15-20-13-26(35-3)23(18-7-5-4-6-8-18)11-19(20)12-25(30)28(33)34/h4-11,13,24-25,31H,12,14-15,29H2,1-3H3,(H,33,34)/t24-,25-/m0/s1. The summed E-state index contributed by atoms with van der Waals surface area (Å²) in [6, 6.07) is 14.9. The van der Waals surface area contributed by atoms with E-state index in [1.54, 1.807) is 19.2 Å². The predicted molar refractivity (Wildman–Crippen MR) is 133 cm³/mol. The van der Waals surface area contributed by atoms with Crippen LogP contribution >= 0.6 is 0 Å². The molecule has 1 aliphatic heterocycles. The second-order valence-electron chi connectivity index (χ2n) is 9.08. The van der Waals surface area contributed by atoms with Crippen LogP contribution in [-0.4, -0.2) is 46.2 Å². The minimum absolute atomic E-state index is 0.137. The Morgan fingerprint density at radius 1 is 1.09 bits per heavy atom. The van der Waals surface area contributed by atoms with Gasteiger partial charge < -0.3 is 25.6 Å². The van der Waals surface area contributed by atoms with Crippen molar-refractivity contribution in [3.05, 3.63) is 82.4 Å². The van der Waals surface area contributed by atoms with E-state index >= 15 is 0 Å². The van der Waals surface area contributed by atoms with Crippen molar-refractivity contribution < 1.29 is 24.5 Å². The Kier molecular flexibility index (Phi) is 6.80. The maximum atomic E-state index is 13.4. The van der Waals surface area contributed by atoms with E-state index in [-0.39, 0.29) is 25.1 Å². The molecule has 0 fully saturated rings. The zero-order valence-electron chi connectivity index (χ0n) is 20.1. The molecule has 4 N–H and O–H groups in total. The number of benzene rings is 3. The van der Waals surface area contributed by atoms with Crippen molar-refractivity contribution in [2.45, 2.75) is 45.3 Å². The highest BCUT2D eigenvalue weighted by Crippen LogP contribution is 2.36. The Bertz CT molecular complexity index is 1250. The zero-order chi connectivity index (χ0) is 25.3. The van der Waals surface area contributed by atoms with E-state index in [9.17, 15) is 19.8 Å². The second kappa shape index (κ2) is 9.80. The van der Waals surface area contributed by atoms with Crippen molar-refractivity contribution in [3.63, 3.8) is 0 Å². The molecule has 1 aliphatic rings. The molecule has 182 valence electrons. The van der Waals surface area contributed by atoms with Gasteiger partial charge in [0.25, 0.3) is 0 Å². The Hall–Kier alpha value is -3.84. The van der Waals surface area contributed by atoms with Gasteiger partial charge in [-0.05, 0) is 77.9 Å². The van der Waals surface area contributed by atoms with Crippen molar-refractivity contribution in [1.29, 1.82) is 0 Å². The quantitative estimate of drug-likeness (QED) is 0.503. The minimum Gasteiger partial charge on any atom is -0.508 e. The summed E-state index contributed by atoms with van der Waals surface area (Å²) in [6.45, 7) is 3.85. The van der Waals surface area contributed by atoms with Crippen LogP contribution in [0.4, 0.5) is 0 Å². The third kappa shape index (κ3) is 4.86. The van der Waals surface area contributed by atoms with E-state index in [4.69, 9.17) is 10.5 Å². The number of phenols is 1. The number of nitrogens with two attached hydrogens (primary N) is 1. The van der Waals surface area contributed by atoms with Crippen LogP contribution in [-0.2, 0) is 29.0 Å². The number of methoxy groups -OCH3 is 1. The SMILES string of the molecule is COc1cc2c(cc1-c1ccccc1)C[C@@H](C(=O)O)N(C(=O)[C@@H](N)Cc1c(C)cc(O)cc1C)C2. The van der Waals surface area contributed by atoms with Gasteiger partial charge >= 0.3 is 5.97 Å². The van der Waals surface area contributed by atoms with Gasteiger partial charge in [-0.15, -0.1) is 0 Å². The number of rotatable bonds is 6. The fraction of sp³-hybridized carbons (Fsp3) is 0.286. The van der Waals surface area contributed by atoms with Crippen LogP contribution in [0.1, 0.15) is 27.8 Å². The first-order valence-electron chi connectivity index (χ1n) is 11.5. The summed E-state index contributed by atoms with van der Waals surface area (Å²) in [6.07, 6.45) is 0.437. The molecule has 7 heteroatoms. The maximum Gasteiger partial charge on any atom is 0.326 e. The highest BCUT2D eigenvalue weighted by atomic mass is 16.5. The molecular weight excluding hydrogens is 444 g/mol. The number of phenolic OH excluding ortho intramolecular Hbond substituents is 1. The third-order valence-corrected chi connectivity index (χ3v) is 6.73. The smallest absolute Gasteiger partial charge is 0.326 e. The van der Waals surface area contributed by atoms with Gasteiger partial charge in [-0.3, -0.25) is 4.79 Å². The summed E-state index contributed by atoms with van der Waals surface area (Å²) in [5.74, 6) is -0.659. The van der Waals surface area contributed by atoms with Gasteiger partial charge in [0, 0.05) is 18.5 Å². The van der Waals surface area contributed by atoms with Crippen molar-refractivity contribution >= 4 is 11.9 Å². The van der Waals surface area contributed by atoms with Crippen LogP contribution in [0.2, 0.25) is 0 Å². The third-order valence-electron chi connectivity index (χ3n) is 6.73. The molecule has 0 saturated heterocycles. The molecule has 2 atom stereocenters. The highest BCUT2D eigenvalue weighted by Gasteiger charge is 2.37. The first kappa shape index (κ1) is 24.3. The Labute approximate surface area is 204 Å². The van der Waals surface area contributed by atoms with Crippen LogP contribution in [0.25, 0.3) is 11.1 Å². The Balaban J connectivity index is 1.65. The van der Waals surface area contributed by atoms with Crippen LogP contribution < -0.4 is 10.5 Å². The molecule has 0 unspecified atom stereocenters. The fourth-order valence-corrected chi connectivity index (χ4v) is 4.89. The maximum absolute atomic E-state index is 13.4. The number of ether oxygens (including phenoxy) is 1. The topological polar surface area (TPSA) is 113 Å². The van der Waals surface area contributed by atoms with Crippen LogP contribution in [0.15, 0.2) is 54.6 Å². The minimum atomic E-state index is -1.06. The van der Waals surface area contributed by atoms with Crippen molar-refractivity contribution in [2.24, 2.45) is 5.73 Å². The van der Waals surface area contributed by atoms with E-state index in [1.165, 1.54) is 4.90 Å². The highest BCUT2D eigenvalue weighted by molar-refractivity contribution is 5.88. The van der Waals surface area contributed by atoms with Crippen molar-refractivity contribution in [2.75, 3.05) is 7.11 Å². The number of carboxylic acid groups (broad SMARTS) is 1. The molecular formula is C28H30N2O5. The first-order chi connectivity index (χ1) is 16.7. The molecule has 0 radical (unpaired) electrons. The van der Waals surface area contributed by atoms with Gasteiger partial charge in [-0.25, -0.2) is 4.79 Å². The van der Waals surface area contributed by atoms with E-state index in [1.807, 2.05) is 56.3 Å². The Morgan fingerprint density at radius 3 is 2.34 bits per heavy atom.